The van der Waals surface area contributed by atoms with Crippen LogP contribution in [0, 0.1) is 0 Å². The zero-order valence-corrected chi connectivity index (χ0v) is 18.5. The summed E-state index contributed by atoms with van der Waals surface area (Å²) >= 11 is 12.2. The van der Waals surface area contributed by atoms with Crippen molar-refractivity contribution >= 4 is 35.0 Å². The number of hydrogen-bond acceptors (Lipinski definition) is 2. The van der Waals surface area contributed by atoms with Crippen molar-refractivity contribution in [2.45, 2.75) is 52.1 Å². The Hall–Kier alpha value is -2.04. The lowest BCUT2D eigenvalue weighted by Crippen LogP contribution is -2.49. The second-order valence-electron chi connectivity index (χ2n) is 6.98. The Bertz CT molecular complexity index is 809. The van der Waals surface area contributed by atoms with Gasteiger partial charge in [-0.25, -0.2) is 0 Å². The van der Waals surface area contributed by atoms with Crippen molar-refractivity contribution in [3.63, 3.8) is 0 Å². The largest absolute Gasteiger partial charge is 0.354 e. The first-order valence-electron chi connectivity index (χ1n) is 10.0. The maximum absolute atomic E-state index is 13.2. The summed E-state index contributed by atoms with van der Waals surface area (Å²) in [6.07, 6.45) is 2.58. The SMILES string of the molecule is CCCCNC(=O)C(CC)N(Cc1ccc(Cl)cc1)C(=O)Cc1ccccc1Cl. The quantitative estimate of drug-likeness (QED) is 0.518. The Morgan fingerprint density at radius 3 is 2.34 bits per heavy atom. The highest BCUT2D eigenvalue weighted by Crippen LogP contribution is 2.20. The minimum Gasteiger partial charge on any atom is -0.354 e. The molecule has 0 saturated heterocycles. The number of carbonyl (C=O) groups is 2. The highest BCUT2D eigenvalue weighted by atomic mass is 35.5. The van der Waals surface area contributed by atoms with Gasteiger partial charge in [0, 0.05) is 23.1 Å². The van der Waals surface area contributed by atoms with Crippen LogP contribution in [0.5, 0.6) is 0 Å². The van der Waals surface area contributed by atoms with Gasteiger partial charge in [-0.1, -0.05) is 73.8 Å². The molecule has 0 radical (unpaired) electrons. The van der Waals surface area contributed by atoms with Crippen molar-refractivity contribution in [1.29, 1.82) is 0 Å². The Morgan fingerprint density at radius 1 is 1.03 bits per heavy atom. The number of amides is 2. The van der Waals surface area contributed by atoms with Crippen LogP contribution in [-0.4, -0.2) is 29.3 Å². The standard InChI is InChI=1S/C23H28Cl2N2O2/c1-3-5-14-26-23(29)21(4-2)27(16-17-10-12-19(24)13-11-17)22(28)15-18-8-6-7-9-20(18)25/h6-13,21H,3-5,14-16H2,1-2H3,(H,26,29). The summed E-state index contributed by atoms with van der Waals surface area (Å²) < 4.78 is 0. The third-order valence-electron chi connectivity index (χ3n) is 4.78. The van der Waals surface area contributed by atoms with Crippen molar-refractivity contribution in [3.05, 3.63) is 69.7 Å². The highest BCUT2D eigenvalue weighted by molar-refractivity contribution is 6.31. The minimum atomic E-state index is -0.544. The van der Waals surface area contributed by atoms with E-state index in [9.17, 15) is 9.59 Å². The number of carbonyl (C=O) groups excluding carboxylic acids is 2. The number of benzene rings is 2. The second kappa shape index (κ2) is 11.8. The average molecular weight is 435 g/mol. The third-order valence-corrected chi connectivity index (χ3v) is 5.40. The fourth-order valence-corrected chi connectivity index (χ4v) is 3.45. The summed E-state index contributed by atoms with van der Waals surface area (Å²) in [5.74, 6) is -0.257. The van der Waals surface area contributed by atoms with E-state index in [1.165, 1.54) is 0 Å². The van der Waals surface area contributed by atoms with Crippen molar-refractivity contribution in [2.75, 3.05) is 6.54 Å². The van der Waals surface area contributed by atoms with Gasteiger partial charge in [0.25, 0.3) is 0 Å². The number of unbranched alkanes of at least 4 members (excludes halogenated alkanes) is 1. The van der Waals surface area contributed by atoms with Crippen molar-refractivity contribution in [3.8, 4) is 0 Å². The molecular formula is C23H28Cl2N2O2. The molecule has 0 fully saturated rings. The van der Waals surface area contributed by atoms with Gasteiger partial charge in [0.05, 0.1) is 6.42 Å². The number of rotatable bonds is 10. The van der Waals surface area contributed by atoms with Gasteiger partial charge in [-0.15, -0.1) is 0 Å². The molecule has 1 atom stereocenters. The molecule has 0 aliphatic carbocycles. The van der Waals surface area contributed by atoms with E-state index in [1.807, 2.05) is 37.3 Å². The molecular weight excluding hydrogens is 407 g/mol. The van der Waals surface area contributed by atoms with Crippen LogP contribution in [0.15, 0.2) is 48.5 Å². The zero-order chi connectivity index (χ0) is 21.2. The smallest absolute Gasteiger partial charge is 0.242 e. The molecule has 2 amide bonds. The molecule has 2 aromatic carbocycles. The van der Waals surface area contributed by atoms with Gasteiger partial charge >= 0.3 is 0 Å². The van der Waals surface area contributed by atoms with Crippen LogP contribution in [0.4, 0.5) is 0 Å². The molecule has 2 aromatic rings. The normalized spacial score (nSPS) is 11.7. The highest BCUT2D eigenvalue weighted by Gasteiger charge is 2.28. The number of nitrogens with one attached hydrogen (secondary N) is 1. The lowest BCUT2D eigenvalue weighted by Gasteiger charge is -2.31. The van der Waals surface area contributed by atoms with Gasteiger partial charge in [0.1, 0.15) is 6.04 Å². The molecule has 6 heteroatoms. The van der Waals surface area contributed by atoms with E-state index >= 15 is 0 Å². The average Bonchev–Trinajstić information content (AvgIpc) is 2.71. The molecule has 156 valence electrons. The van der Waals surface area contributed by atoms with Crippen LogP contribution in [0.25, 0.3) is 0 Å². The molecule has 0 aliphatic heterocycles. The minimum absolute atomic E-state index is 0.123. The van der Waals surface area contributed by atoms with Crippen LogP contribution >= 0.6 is 23.2 Å². The van der Waals surface area contributed by atoms with E-state index < -0.39 is 6.04 Å². The molecule has 0 aromatic heterocycles. The Labute approximate surface area is 183 Å². The summed E-state index contributed by atoms with van der Waals surface area (Å²) in [6.45, 7) is 4.94. The Morgan fingerprint density at radius 2 is 1.72 bits per heavy atom. The Kier molecular flexibility index (Phi) is 9.49. The topological polar surface area (TPSA) is 49.4 Å². The van der Waals surface area contributed by atoms with Gasteiger partial charge in [-0.2, -0.15) is 0 Å². The van der Waals surface area contributed by atoms with Gasteiger partial charge in [0.2, 0.25) is 11.8 Å². The zero-order valence-electron chi connectivity index (χ0n) is 17.0. The fourth-order valence-electron chi connectivity index (χ4n) is 3.12. The van der Waals surface area contributed by atoms with Crippen molar-refractivity contribution in [1.82, 2.24) is 10.2 Å². The van der Waals surface area contributed by atoms with Gasteiger partial charge in [-0.05, 0) is 42.2 Å². The summed E-state index contributed by atoms with van der Waals surface area (Å²) in [5, 5.41) is 4.14. The van der Waals surface area contributed by atoms with Gasteiger partial charge in [-0.3, -0.25) is 9.59 Å². The monoisotopic (exact) mass is 434 g/mol. The van der Waals surface area contributed by atoms with E-state index in [0.717, 1.165) is 24.0 Å². The number of nitrogens with zero attached hydrogens (tertiary/aromatic N) is 1. The summed E-state index contributed by atoms with van der Waals surface area (Å²) in [6, 6.07) is 14.1. The molecule has 0 spiro atoms. The predicted octanol–water partition coefficient (Wildman–Crippen LogP) is 5.26. The number of hydrogen-bond donors (Lipinski definition) is 1. The molecule has 29 heavy (non-hydrogen) atoms. The molecule has 4 nitrogen and oxygen atoms in total. The fraction of sp³-hybridized carbons (Fsp3) is 0.391. The summed E-state index contributed by atoms with van der Waals surface area (Å²) in [4.78, 5) is 27.7. The molecule has 0 heterocycles. The van der Waals surface area contributed by atoms with E-state index in [2.05, 4.69) is 12.2 Å². The predicted molar refractivity (Wildman–Crippen MR) is 119 cm³/mol. The van der Waals surface area contributed by atoms with Gasteiger partial charge in [0.15, 0.2) is 0 Å². The van der Waals surface area contributed by atoms with Crippen LogP contribution in [-0.2, 0) is 22.6 Å². The Balaban J connectivity index is 2.25. The number of halogens is 2. The van der Waals surface area contributed by atoms with E-state index in [-0.39, 0.29) is 18.2 Å². The van der Waals surface area contributed by atoms with Crippen LogP contribution in [0.3, 0.4) is 0 Å². The lowest BCUT2D eigenvalue weighted by atomic mass is 10.1. The maximum Gasteiger partial charge on any atom is 0.242 e. The summed E-state index contributed by atoms with van der Waals surface area (Å²) in [5.41, 5.74) is 1.67. The third kappa shape index (κ3) is 7.06. The van der Waals surface area contributed by atoms with Crippen LogP contribution in [0.2, 0.25) is 10.0 Å². The first kappa shape index (κ1) is 23.2. The first-order valence-corrected chi connectivity index (χ1v) is 10.8. The van der Waals surface area contributed by atoms with Crippen molar-refractivity contribution < 1.29 is 9.59 Å². The molecule has 1 N–H and O–H groups in total. The van der Waals surface area contributed by atoms with Crippen LogP contribution in [0.1, 0.15) is 44.2 Å². The first-order chi connectivity index (χ1) is 14.0. The van der Waals surface area contributed by atoms with E-state index in [0.29, 0.717) is 29.6 Å². The van der Waals surface area contributed by atoms with E-state index in [4.69, 9.17) is 23.2 Å². The second-order valence-corrected chi connectivity index (χ2v) is 7.83. The molecule has 1 unspecified atom stereocenters. The summed E-state index contributed by atoms with van der Waals surface area (Å²) in [7, 11) is 0. The molecule has 0 bridgehead atoms. The van der Waals surface area contributed by atoms with Gasteiger partial charge < -0.3 is 10.2 Å². The lowest BCUT2D eigenvalue weighted by molar-refractivity contribution is -0.140. The van der Waals surface area contributed by atoms with Crippen LogP contribution < -0.4 is 5.32 Å². The van der Waals surface area contributed by atoms with E-state index in [1.54, 1.807) is 23.1 Å². The van der Waals surface area contributed by atoms with Crippen molar-refractivity contribution in [2.24, 2.45) is 0 Å². The molecule has 0 aliphatic rings. The molecule has 2 rings (SSSR count). The molecule has 0 saturated carbocycles. The maximum atomic E-state index is 13.2.